The summed E-state index contributed by atoms with van der Waals surface area (Å²) >= 11 is 5.94. The standard InChI is InChI=1S/C12H18ClNO2/c1-3-14-8-12(2,15)9-16-11-7-5-4-6-10(11)13/h4-7,14-15H,3,8-9H2,1-2H3. The molecule has 1 unspecified atom stereocenters. The molecule has 4 heteroatoms. The second-order valence-corrected chi connectivity index (χ2v) is 4.40. The Kier molecular flexibility index (Phi) is 5.06. The van der Waals surface area contributed by atoms with E-state index < -0.39 is 5.60 Å². The van der Waals surface area contributed by atoms with Crippen molar-refractivity contribution >= 4 is 11.6 Å². The molecule has 0 bridgehead atoms. The molecule has 0 saturated heterocycles. The van der Waals surface area contributed by atoms with Crippen molar-refractivity contribution in [3.63, 3.8) is 0 Å². The van der Waals surface area contributed by atoms with Gasteiger partial charge in [0, 0.05) is 6.54 Å². The summed E-state index contributed by atoms with van der Waals surface area (Å²) in [6, 6.07) is 7.23. The Bertz CT molecular complexity index is 329. The second-order valence-electron chi connectivity index (χ2n) is 4.00. The average Bonchev–Trinajstić information content (AvgIpc) is 2.26. The van der Waals surface area contributed by atoms with E-state index in [2.05, 4.69) is 5.32 Å². The molecule has 0 saturated carbocycles. The van der Waals surface area contributed by atoms with Crippen molar-refractivity contribution in [1.82, 2.24) is 5.32 Å². The summed E-state index contributed by atoms with van der Waals surface area (Å²) in [4.78, 5) is 0. The van der Waals surface area contributed by atoms with E-state index in [1.54, 1.807) is 19.1 Å². The average molecular weight is 244 g/mol. The first kappa shape index (κ1) is 13.3. The number of ether oxygens (including phenoxy) is 1. The highest BCUT2D eigenvalue weighted by atomic mass is 35.5. The molecule has 1 rings (SSSR count). The third-order valence-electron chi connectivity index (χ3n) is 2.13. The van der Waals surface area contributed by atoms with Crippen LogP contribution in [-0.2, 0) is 0 Å². The van der Waals surface area contributed by atoms with Crippen LogP contribution in [0.3, 0.4) is 0 Å². The molecule has 2 N–H and O–H groups in total. The van der Waals surface area contributed by atoms with Crippen LogP contribution in [0.5, 0.6) is 5.75 Å². The minimum absolute atomic E-state index is 0.212. The largest absolute Gasteiger partial charge is 0.489 e. The number of para-hydroxylation sites is 1. The third kappa shape index (κ3) is 4.39. The number of rotatable bonds is 6. The van der Waals surface area contributed by atoms with Gasteiger partial charge in [-0.2, -0.15) is 0 Å². The maximum absolute atomic E-state index is 9.97. The molecule has 3 nitrogen and oxygen atoms in total. The van der Waals surface area contributed by atoms with Gasteiger partial charge in [0.1, 0.15) is 18.0 Å². The zero-order valence-corrected chi connectivity index (χ0v) is 10.4. The summed E-state index contributed by atoms with van der Waals surface area (Å²) in [6.07, 6.45) is 0. The normalized spacial score (nSPS) is 14.5. The second kappa shape index (κ2) is 6.09. The molecule has 0 fully saturated rings. The molecule has 0 spiro atoms. The van der Waals surface area contributed by atoms with Crippen molar-refractivity contribution in [1.29, 1.82) is 0 Å². The van der Waals surface area contributed by atoms with Crippen LogP contribution in [0, 0.1) is 0 Å². The lowest BCUT2D eigenvalue weighted by Gasteiger charge is -2.23. The molecule has 0 aliphatic heterocycles. The van der Waals surface area contributed by atoms with Crippen molar-refractivity contribution in [2.75, 3.05) is 19.7 Å². The Hall–Kier alpha value is -0.770. The molecule has 90 valence electrons. The Morgan fingerprint density at radius 2 is 2.12 bits per heavy atom. The van der Waals surface area contributed by atoms with Gasteiger partial charge in [-0.15, -0.1) is 0 Å². The van der Waals surface area contributed by atoms with E-state index in [-0.39, 0.29) is 6.61 Å². The van der Waals surface area contributed by atoms with Gasteiger partial charge in [-0.25, -0.2) is 0 Å². The van der Waals surface area contributed by atoms with Gasteiger partial charge in [0.15, 0.2) is 0 Å². The van der Waals surface area contributed by atoms with E-state index in [0.29, 0.717) is 17.3 Å². The maximum Gasteiger partial charge on any atom is 0.138 e. The van der Waals surface area contributed by atoms with Crippen molar-refractivity contribution in [3.8, 4) is 5.75 Å². The van der Waals surface area contributed by atoms with Crippen LogP contribution in [0.15, 0.2) is 24.3 Å². The van der Waals surface area contributed by atoms with Crippen LogP contribution >= 0.6 is 11.6 Å². The maximum atomic E-state index is 9.97. The van der Waals surface area contributed by atoms with Crippen LogP contribution in [0.25, 0.3) is 0 Å². The molecule has 16 heavy (non-hydrogen) atoms. The smallest absolute Gasteiger partial charge is 0.138 e. The van der Waals surface area contributed by atoms with Crippen molar-refractivity contribution in [3.05, 3.63) is 29.3 Å². The molecule has 1 atom stereocenters. The van der Waals surface area contributed by atoms with Crippen LogP contribution in [0.4, 0.5) is 0 Å². The van der Waals surface area contributed by atoms with E-state index in [9.17, 15) is 5.11 Å². The highest BCUT2D eigenvalue weighted by Gasteiger charge is 2.20. The van der Waals surface area contributed by atoms with Gasteiger partial charge < -0.3 is 15.2 Å². The van der Waals surface area contributed by atoms with E-state index >= 15 is 0 Å². The van der Waals surface area contributed by atoms with Gasteiger partial charge >= 0.3 is 0 Å². The van der Waals surface area contributed by atoms with E-state index in [1.807, 2.05) is 19.1 Å². The van der Waals surface area contributed by atoms with Crippen molar-refractivity contribution in [2.45, 2.75) is 19.4 Å². The van der Waals surface area contributed by atoms with Crippen LogP contribution < -0.4 is 10.1 Å². The molecule has 1 aromatic rings. The number of likely N-dealkylation sites (N-methyl/N-ethyl adjacent to an activating group) is 1. The predicted molar refractivity (Wildman–Crippen MR) is 66.1 cm³/mol. The molecule has 0 radical (unpaired) electrons. The monoisotopic (exact) mass is 243 g/mol. The molecule has 0 heterocycles. The number of halogens is 1. The van der Waals surface area contributed by atoms with Gasteiger partial charge in [0.2, 0.25) is 0 Å². The molecule has 0 aliphatic carbocycles. The Balaban J connectivity index is 2.47. The first-order chi connectivity index (χ1) is 7.55. The molecular weight excluding hydrogens is 226 g/mol. The van der Waals surface area contributed by atoms with Crippen LogP contribution in [0.1, 0.15) is 13.8 Å². The van der Waals surface area contributed by atoms with Gasteiger partial charge in [-0.3, -0.25) is 0 Å². The van der Waals surface area contributed by atoms with Gasteiger partial charge in [0.05, 0.1) is 5.02 Å². The molecular formula is C12H18ClNO2. The number of aliphatic hydroxyl groups is 1. The van der Waals surface area contributed by atoms with Gasteiger partial charge in [-0.05, 0) is 25.6 Å². The number of hydrogen-bond donors (Lipinski definition) is 2. The minimum atomic E-state index is -0.894. The number of nitrogens with one attached hydrogen (secondary N) is 1. The summed E-state index contributed by atoms with van der Waals surface area (Å²) < 4.78 is 5.48. The zero-order chi connectivity index (χ0) is 12.0. The number of hydrogen-bond acceptors (Lipinski definition) is 3. The highest BCUT2D eigenvalue weighted by molar-refractivity contribution is 6.32. The van der Waals surface area contributed by atoms with Crippen LogP contribution in [0.2, 0.25) is 5.02 Å². The fourth-order valence-electron chi connectivity index (χ4n) is 1.24. The lowest BCUT2D eigenvalue weighted by molar-refractivity contribution is 0.0128. The molecule has 0 aromatic heterocycles. The van der Waals surface area contributed by atoms with E-state index in [0.717, 1.165) is 6.54 Å². The topological polar surface area (TPSA) is 41.5 Å². The zero-order valence-electron chi connectivity index (χ0n) is 9.66. The lowest BCUT2D eigenvalue weighted by atomic mass is 10.1. The first-order valence-electron chi connectivity index (χ1n) is 5.35. The first-order valence-corrected chi connectivity index (χ1v) is 5.73. The quantitative estimate of drug-likeness (QED) is 0.804. The third-order valence-corrected chi connectivity index (χ3v) is 2.44. The van der Waals surface area contributed by atoms with E-state index in [1.165, 1.54) is 0 Å². The van der Waals surface area contributed by atoms with Crippen molar-refractivity contribution < 1.29 is 9.84 Å². The Morgan fingerprint density at radius 3 is 2.75 bits per heavy atom. The molecule has 0 aliphatic rings. The van der Waals surface area contributed by atoms with E-state index in [4.69, 9.17) is 16.3 Å². The lowest BCUT2D eigenvalue weighted by Crippen LogP contribution is -2.42. The summed E-state index contributed by atoms with van der Waals surface area (Å²) in [5, 5.41) is 13.6. The van der Waals surface area contributed by atoms with Gasteiger partial charge in [-0.1, -0.05) is 30.7 Å². The van der Waals surface area contributed by atoms with Crippen molar-refractivity contribution in [2.24, 2.45) is 0 Å². The summed E-state index contributed by atoms with van der Waals surface area (Å²) in [5.41, 5.74) is -0.894. The summed E-state index contributed by atoms with van der Waals surface area (Å²) in [5.74, 6) is 0.598. The fourth-order valence-corrected chi connectivity index (χ4v) is 1.43. The number of benzene rings is 1. The Morgan fingerprint density at radius 1 is 1.44 bits per heavy atom. The molecule has 0 amide bonds. The van der Waals surface area contributed by atoms with Crippen LogP contribution in [-0.4, -0.2) is 30.4 Å². The molecule has 1 aromatic carbocycles. The minimum Gasteiger partial charge on any atom is -0.489 e. The van der Waals surface area contributed by atoms with Gasteiger partial charge in [0.25, 0.3) is 0 Å². The fraction of sp³-hybridized carbons (Fsp3) is 0.500. The Labute approximate surface area is 101 Å². The summed E-state index contributed by atoms with van der Waals surface area (Å²) in [6.45, 7) is 5.25. The SMILES string of the molecule is CCNCC(C)(O)COc1ccccc1Cl. The predicted octanol–water partition coefficient (Wildman–Crippen LogP) is 2.08. The highest BCUT2D eigenvalue weighted by Crippen LogP contribution is 2.23. The summed E-state index contributed by atoms with van der Waals surface area (Å²) in [7, 11) is 0.